The van der Waals surface area contributed by atoms with Crippen molar-refractivity contribution in [3.8, 4) is 0 Å². The Morgan fingerprint density at radius 1 is 1.69 bits per heavy atom. The fraction of sp³-hybridized carbons (Fsp3) is 0.667. The highest BCUT2D eigenvalue weighted by Crippen LogP contribution is 2.17. The molecule has 1 atom stereocenters. The predicted molar refractivity (Wildman–Crippen MR) is 55.0 cm³/mol. The maximum atomic E-state index is 5.99. The third kappa shape index (κ3) is 2.71. The average Bonchev–Trinajstić information content (AvgIpc) is 2.36. The van der Waals surface area contributed by atoms with Gasteiger partial charge in [0.25, 0.3) is 0 Å². The molecular weight excluding hydrogens is 186 g/mol. The van der Waals surface area contributed by atoms with Gasteiger partial charge in [-0.2, -0.15) is 5.10 Å². The second kappa shape index (κ2) is 4.63. The molecule has 0 aliphatic rings. The minimum Gasteiger partial charge on any atom is -0.319 e. The van der Waals surface area contributed by atoms with Crippen molar-refractivity contribution in [2.75, 3.05) is 13.6 Å². The molecule has 1 unspecified atom stereocenters. The summed E-state index contributed by atoms with van der Waals surface area (Å²) in [6.45, 7) is 3.20. The third-order valence-corrected chi connectivity index (χ3v) is 2.42. The van der Waals surface area contributed by atoms with E-state index in [1.165, 1.54) is 0 Å². The van der Waals surface area contributed by atoms with E-state index in [-0.39, 0.29) is 0 Å². The van der Waals surface area contributed by atoms with Crippen molar-refractivity contribution in [1.29, 1.82) is 0 Å². The van der Waals surface area contributed by atoms with Crippen LogP contribution in [0.5, 0.6) is 0 Å². The van der Waals surface area contributed by atoms with E-state index in [9.17, 15) is 0 Å². The number of rotatable bonds is 4. The van der Waals surface area contributed by atoms with Crippen molar-refractivity contribution in [3.63, 3.8) is 0 Å². The molecule has 0 bridgehead atoms. The van der Waals surface area contributed by atoms with Crippen LogP contribution in [0.3, 0.4) is 0 Å². The fourth-order valence-corrected chi connectivity index (χ4v) is 1.66. The average molecular weight is 202 g/mol. The van der Waals surface area contributed by atoms with Crippen LogP contribution in [0.4, 0.5) is 0 Å². The van der Waals surface area contributed by atoms with Crippen molar-refractivity contribution in [2.24, 2.45) is 13.0 Å². The van der Waals surface area contributed by atoms with Gasteiger partial charge in [-0.3, -0.25) is 4.68 Å². The van der Waals surface area contributed by atoms with Gasteiger partial charge in [0, 0.05) is 7.05 Å². The summed E-state index contributed by atoms with van der Waals surface area (Å²) < 4.78 is 1.84. The molecule has 0 amide bonds. The van der Waals surface area contributed by atoms with Crippen molar-refractivity contribution in [3.05, 3.63) is 16.9 Å². The van der Waals surface area contributed by atoms with Gasteiger partial charge in [0.15, 0.2) is 0 Å². The van der Waals surface area contributed by atoms with E-state index >= 15 is 0 Å². The molecule has 74 valence electrons. The third-order valence-electron chi connectivity index (χ3n) is 2.10. The zero-order valence-corrected chi connectivity index (χ0v) is 9.10. The maximum Gasteiger partial charge on any atom is 0.0817 e. The Hall–Kier alpha value is -0.540. The molecule has 1 N–H and O–H groups in total. The van der Waals surface area contributed by atoms with Gasteiger partial charge in [-0.1, -0.05) is 18.5 Å². The highest BCUT2D eigenvalue weighted by Gasteiger charge is 2.10. The zero-order chi connectivity index (χ0) is 9.84. The molecule has 1 rings (SSSR count). The van der Waals surface area contributed by atoms with Crippen molar-refractivity contribution in [2.45, 2.75) is 13.3 Å². The molecule has 0 fully saturated rings. The van der Waals surface area contributed by atoms with Crippen molar-refractivity contribution in [1.82, 2.24) is 15.1 Å². The summed E-state index contributed by atoms with van der Waals surface area (Å²) in [5.41, 5.74) is 1.12. The molecule has 0 radical (unpaired) electrons. The second-order valence-electron chi connectivity index (χ2n) is 3.43. The first kappa shape index (κ1) is 10.5. The summed E-state index contributed by atoms with van der Waals surface area (Å²) >= 11 is 5.99. The zero-order valence-electron chi connectivity index (χ0n) is 8.34. The largest absolute Gasteiger partial charge is 0.319 e. The summed E-state index contributed by atoms with van der Waals surface area (Å²) in [5.74, 6) is 0.581. The van der Waals surface area contributed by atoms with Crippen LogP contribution in [0.15, 0.2) is 6.20 Å². The van der Waals surface area contributed by atoms with Crippen molar-refractivity contribution < 1.29 is 0 Å². The SMILES string of the molecule is CNCC(C)Cc1c(Cl)cnn1C. The lowest BCUT2D eigenvalue weighted by Crippen LogP contribution is -2.19. The highest BCUT2D eigenvalue weighted by molar-refractivity contribution is 6.31. The van der Waals surface area contributed by atoms with Crippen LogP contribution in [-0.2, 0) is 13.5 Å². The standard InChI is InChI=1S/C9H16ClN3/c1-7(5-11-2)4-9-8(10)6-12-13(9)3/h6-7,11H,4-5H2,1-3H3. The van der Waals surface area contributed by atoms with Crippen LogP contribution in [0.25, 0.3) is 0 Å². The van der Waals surface area contributed by atoms with E-state index in [2.05, 4.69) is 17.3 Å². The van der Waals surface area contributed by atoms with Crippen LogP contribution in [0.1, 0.15) is 12.6 Å². The number of nitrogens with one attached hydrogen (secondary N) is 1. The lowest BCUT2D eigenvalue weighted by molar-refractivity contribution is 0.520. The van der Waals surface area contributed by atoms with Gasteiger partial charge >= 0.3 is 0 Å². The molecule has 0 aromatic carbocycles. The maximum absolute atomic E-state index is 5.99. The monoisotopic (exact) mass is 201 g/mol. The van der Waals surface area contributed by atoms with Crippen LogP contribution in [0, 0.1) is 5.92 Å². The Morgan fingerprint density at radius 2 is 2.38 bits per heavy atom. The summed E-state index contributed by atoms with van der Waals surface area (Å²) in [6.07, 6.45) is 2.67. The fourth-order valence-electron chi connectivity index (χ4n) is 1.42. The van der Waals surface area contributed by atoms with Gasteiger partial charge in [-0.25, -0.2) is 0 Å². The van der Waals surface area contributed by atoms with Gasteiger partial charge in [0.2, 0.25) is 0 Å². The summed E-state index contributed by atoms with van der Waals surface area (Å²) in [7, 11) is 3.88. The smallest absolute Gasteiger partial charge is 0.0817 e. The Labute approximate surface area is 84.1 Å². The van der Waals surface area contributed by atoms with E-state index in [4.69, 9.17) is 11.6 Å². The molecule has 0 aliphatic heterocycles. The number of nitrogens with zero attached hydrogens (tertiary/aromatic N) is 2. The van der Waals surface area contributed by atoms with Crippen LogP contribution < -0.4 is 5.32 Å². The molecule has 4 heteroatoms. The summed E-state index contributed by atoms with van der Waals surface area (Å²) in [6, 6.07) is 0. The van der Waals surface area contributed by atoms with Gasteiger partial charge in [-0.15, -0.1) is 0 Å². The number of halogens is 1. The van der Waals surface area contributed by atoms with Crippen LogP contribution in [-0.4, -0.2) is 23.4 Å². The van der Waals surface area contributed by atoms with Crippen molar-refractivity contribution >= 4 is 11.6 Å². The first-order chi connectivity index (χ1) is 6.15. The molecule has 1 aromatic heterocycles. The number of hydrogen-bond donors (Lipinski definition) is 1. The molecule has 0 aliphatic carbocycles. The molecule has 1 heterocycles. The Kier molecular flexibility index (Phi) is 3.75. The molecule has 0 saturated heterocycles. The lowest BCUT2D eigenvalue weighted by atomic mass is 10.1. The highest BCUT2D eigenvalue weighted by atomic mass is 35.5. The summed E-state index contributed by atoms with van der Waals surface area (Å²) in [5, 5.41) is 8.01. The first-order valence-corrected chi connectivity index (χ1v) is 4.84. The molecule has 0 spiro atoms. The van der Waals surface area contributed by atoms with Gasteiger partial charge in [-0.05, 0) is 25.9 Å². The number of aryl methyl sites for hydroxylation is 1. The Bertz CT molecular complexity index is 250. The number of aromatic nitrogens is 2. The predicted octanol–water partition coefficient (Wildman–Crippen LogP) is 1.47. The molecule has 0 saturated carbocycles. The minimum absolute atomic E-state index is 0.581. The molecule has 1 aromatic rings. The van der Waals surface area contributed by atoms with E-state index in [0.717, 1.165) is 23.7 Å². The normalized spacial score (nSPS) is 13.2. The summed E-state index contributed by atoms with van der Waals surface area (Å²) in [4.78, 5) is 0. The van der Waals surface area contributed by atoms with E-state index in [1.807, 2.05) is 18.8 Å². The quantitative estimate of drug-likeness (QED) is 0.800. The minimum atomic E-state index is 0.581. The van der Waals surface area contributed by atoms with Gasteiger partial charge in [0.1, 0.15) is 0 Å². The first-order valence-electron chi connectivity index (χ1n) is 4.46. The molecule has 13 heavy (non-hydrogen) atoms. The van der Waals surface area contributed by atoms with E-state index in [0.29, 0.717) is 5.92 Å². The topological polar surface area (TPSA) is 29.9 Å². The van der Waals surface area contributed by atoms with E-state index < -0.39 is 0 Å². The lowest BCUT2D eigenvalue weighted by Gasteiger charge is -2.10. The molecule has 3 nitrogen and oxygen atoms in total. The number of hydrogen-bond acceptors (Lipinski definition) is 2. The van der Waals surface area contributed by atoms with Gasteiger partial charge < -0.3 is 5.32 Å². The second-order valence-corrected chi connectivity index (χ2v) is 3.84. The van der Waals surface area contributed by atoms with Crippen LogP contribution >= 0.6 is 11.6 Å². The Morgan fingerprint density at radius 3 is 2.85 bits per heavy atom. The molecular formula is C9H16ClN3. The van der Waals surface area contributed by atoms with Crippen LogP contribution in [0.2, 0.25) is 5.02 Å². The van der Waals surface area contributed by atoms with E-state index in [1.54, 1.807) is 6.20 Å². The van der Waals surface area contributed by atoms with Gasteiger partial charge in [0.05, 0.1) is 16.9 Å². The Balaban J connectivity index is 2.62.